The second kappa shape index (κ2) is 7.07. The molecule has 1 nitrogen and oxygen atoms in total. The normalized spacial score (nSPS) is 12.4. The first kappa shape index (κ1) is 15.3. The number of benzene rings is 2. The van der Waals surface area contributed by atoms with Crippen LogP contribution in [0.3, 0.4) is 0 Å². The Balaban J connectivity index is 2.25. The molecule has 1 unspecified atom stereocenters. The molecule has 0 aromatic heterocycles. The minimum Gasteiger partial charge on any atom is -0.319 e. The van der Waals surface area contributed by atoms with Gasteiger partial charge in [-0.2, -0.15) is 0 Å². The van der Waals surface area contributed by atoms with Crippen LogP contribution in [0.4, 0.5) is 4.39 Å². The van der Waals surface area contributed by atoms with Crippen molar-refractivity contribution in [2.45, 2.75) is 12.3 Å². The molecule has 0 saturated carbocycles. The molecule has 2 aromatic carbocycles. The van der Waals surface area contributed by atoms with Gasteiger partial charge in [0.25, 0.3) is 0 Å². The summed E-state index contributed by atoms with van der Waals surface area (Å²) in [5, 5.41) is 4.05. The van der Waals surface area contributed by atoms with Crippen LogP contribution in [-0.2, 0) is 6.42 Å². The van der Waals surface area contributed by atoms with E-state index in [9.17, 15) is 4.39 Å². The highest BCUT2D eigenvalue weighted by Gasteiger charge is 2.15. The fourth-order valence-electron chi connectivity index (χ4n) is 2.30. The van der Waals surface area contributed by atoms with Crippen LogP contribution in [0, 0.1) is 5.82 Å². The Morgan fingerprint density at radius 3 is 2.50 bits per heavy atom. The van der Waals surface area contributed by atoms with Gasteiger partial charge in [0.2, 0.25) is 0 Å². The van der Waals surface area contributed by atoms with Crippen molar-refractivity contribution in [3.63, 3.8) is 0 Å². The van der Waals surface area contributed by atoms with E-state index in [0.717, 1.165) is 22.7 Å². The van der Waals surface area contributed by atoms with Crippen LogP contribution in [-0.4, -0.2) is 13.6 Å². The molecule has 4 heteroatoms. The molecule has 0 aliphatic heterocycles. The number of halogens is 3. The average molecular weight is 312 g/mol. The molecular weight excluding hydrogens is 296 g/mol. The Hall–Kier alpha value is -1.09. The van der Waals surface area contributed by atoms with Gasteiger partial charge in [0, 0.05) is 17.5 Å². The first-order chi connectivity index (χ1) is 9.61. The van der Waals surface area contributed by atoms with Gasteiger partial charge < -0.3 is 5.32 Å². The van der Waals surface area contributed by atoms with Crippen molar-refractivity contribution in [2.75, 3.05) is 13.6 Å². The van der Waals surface area contributed by atoms with E-state index in [0.29, 0.717) is 6.42 Å². The Kier molecular flexibility index (Phi) is 5.41. The zero-order chi connectivity index (χ0) is 14.5. The monoisotopic (exact) mass is 311 g/mol. The highest BCUT2D eigenvalue weighted by molar-refractivity contribution is 6.31. The quantitative estimate of drug-likeness (QED) is 0.845. The van der Waals surface area contributed by atoms with Crippen LogP contribution in [0.5, 0.6) is 0 Å². The number of hydrogen-bond donors (Lipinski definition) is 1. The van der Waals surface area contributed by atoms with Crippen molar-refractivity contribution >= 4 is 23.2 Å². The summed E-state index contributed by atoms with van der Waals surface area (Å²) in [7, 11) is 1.90. The molecule has 0 fully saturated rings. The molecule has 0 bridgehead atoms. The number of likely N-dealkylation sites (N-methyl/N-ethyl adjacent to an activating group) is 1. The predicted molar refractivity (Wildman–Crippen MR) is 83.2 cm³/mol. The third-order valence-electron chi connectivity index (χ3n) is 3.26. The van der Waals surface area contributed by atoms with Crippen LogP contribution in [0.1, 0.15) is 17.0 Å². The van der Waals surface area contributed by atoms with E-state index in [2.05, 4.69) is 5.32 Å². The summed E-state index contributed by atoms with van der Waals surface area (Å²) >= 11 is 12.0. The fourth-order valence-corrected chi connectivity index (χ4v) is 2.70. The summed E-state index contributed by atoms with van der Waals surface area (Å²) in [6.45, 7) is 0.772. The van der Waals surface area contributed by atoms with Gasteiger partial charge in [-0.1, -0.05) is 47.5 Å². The molecular formula is C16H16Cl2FN. The van der Waals surface area contributed by atoms with Gasteiger partial charge in [-0.05, 0) is 42.8 Å². The fraction of sp³-hybridized carbons (Fsp3) is 0.250. The topological polar surface area (TPSA) is 12.0 Å². The van der Waals surface area contributed by atoms with Gasteiger partial charge in [0.1, 0.15) is 5.82 Å². The van der Waals surface area contributed by atoms with E-state index < -0.39 is 0 Å². The summed E-state index contributed by atoms with van der Waals surface area (Å²) in [5.74, 6) is -0.194. The second-order valence-electron chi connectivity index (χ2n) is 4.73. The number of hydrogen-bond acceptors (Lipinski definition) is 1. The zero-order valence-corrected chi connectivity index (χ0v) is 12.7. The smallest absolute Gasteiger partial charge is 0.142 e. The molecule has 0 radical (unpaired) electrons. The number of nitrogens with one attached hydrogen (secondary N) is 1. The summed E-state index contributed by atoms with van der Waals surface area (Å²) in [6.07, 6.45) is 0.707. The molecule has 106 valence electrons. The Morgan fingerprint density at radius 2 is 1.85 bits per heavy atom. The molecule has 20 heavy (non-hydrogen) atoms. The second-order valence-corrected chi connectivity index (χ2v) is 5.54. The largest absolute Gasteiger partial charge is 0.319 e. The molecule has 0 amide bonds. The van der Waals surface area contributed by atoms with E-state index in [4.69, 9.17) is 23.2 Å². The lowest BCUT2D eigenvalue weighted by Gasteiger charge is -2.18. The lowest BCUT2D eigenvalue weighted by molar-refractivity contribution is 0.608. The van der Waals surface area contributed by atoms with Gasteiger partial charge in [0.05, 0.1) is 5.02 Å². The molecule has 0 spiro atoms. The maximum atomic E-state index is 13.5. The van der Waals surface area contributed by atoms with Gasteiger partial charge in [0.15, 0.2) is 0 Å². The van der Waals surface area contributed by atoms with Gasteiger partial charge in [-0.15, -0.1) is 0 Å². The lowest BCUT2D eigenvalue weighted by atomic mass is 9.92. The van der Waals surface area contributed by atoms with Crippen molar-refractivity contribution in [3.05, 3.63) is 69.5 Å². The Labute approximate surface area is 128 Å². The molecule has 0 aliphatic carbocycles. The summed E-state index contributed by atoms with van der Waals surface area (Å²) in [5.41, 5.74) is 1.98. The molecule has 1 N–H and O–H groups in total. The van der Waals surface area contributed by atoms with Crippen LogP contribution in [0.25, 0.3) is 0 Å². The van der Waals surface area contributed by atoms with Crippen molar-refractivity contribution in [2.24, 2.45) is 0 Å². The Bertz CT molecular complexity index is 586. The molecule has 0 saturated heterocycles. The predicted octanol–water partition coefficient (Wildman–Crippen LogP) is 4.68. The first-order valence-corrected chi connectivity index (χ1v) is 7.20. The van der Waals surface area contributed by atoms with E-state index in [1.165, 1.54) is 6.07 Å². The van der Waals surface area contributed by atoms with Gasteiger partial charge in [-0.25, -0.2) is 4.39 Å². The first-order valence-electron chi connectivity index (χ1n) is 6.44. The Morgan fingerprint density at radius 1 is 1.10 bits per heavy atom. The maximum absolute atomic E-state index is 13.5. The average Bonchev–Trinajstić information content (AvgIpc) is 2.43. The third-order valence-corrected chi connectivity index (χ3v) is 3.91. The molecule has 1 atom stereocenters. The van der Waals surface area contributed by atoms with Crippen molar-refractivity contribution in [3.8, 4) is 0 Å². The van der Waals surface area contributed by atoms with Crippen LogP contribution in [0.15, 0.2) is 42.5 Å². The summed E-state index contributed by atoms with van der Waals surface area (Å²) in [6, 6.07) is 12.7. The molecule has 2 aromatic rings. The van der Waals surface area contributed by atoms with Crippen molar-refractivity contribution in [1.82, 2.24) is 5.32 Å². The van der Waals surface area contributed by atoms with E-state index in [-0.39, 0.29) is 16.8 Å². The minimum absolute atomic E-state index is 0.150. The van der Waals surface area contributed by atoms with E-state index >= 15 is 0 Å². The van der Waals surface area contributed by atoms with Crippen LogP contribution < -0.4 is 5.32 Å². The zero-order valence-electron chi connectivity index (χ0n) is 11.2. The molecule has 0 heterocycles. The van der Waals surface area contributed by atoms with Crippen molar-refractivity contribution in [1.29, 1.82) is 0 Å². The van der Waals surface area contributed by atoms with Crippen LogP contribution >= 0.6 is 23.2 Å². The maximum Gasteiger partial charge on any atom is 0.142 e. The SMILES string of the molecule is CNCC(Cc1ccc(Cl)c(F)c1)c1ccccc1Cl. The van der Waals surface area contributed by atoms with E-state index in [1.807, 2.05) is 37.4 Å². The standard InChI is InChI=1S/C16H16Cl2FN/c1-20-10-12(13-4-2-3-5-14(13)17)8-11-6-7-15(18)16(19)9-11/h2-7,9,12,20H,8,10H2,1H3. The van der Waals surface area contributed by atoms with Gasteiger partial charge in [-0.3, -0.25) is 0 Å². The number of rotatable bonds is 5. The summed E-state index contributed by atoms with van der Waals surface area (Å²) < 4.78 is 13.5. The lowest BCUT2D eigenvalue weighted by Crippen LogP contribution is -2.19. The van der Waals surface area contributed by atoms with Gasteiger partial charge >= 0.3 is 0 Å². The van der Waals surface area contributed by atoms with E-state index in [1.54, 1.807) is 6.07 Å². The van der Waals surface area contributed by atoms with Crippen LogP contribution in [0.2, 0.25) is 10.0 Å². The highest BCUT2D eigenvalue weighted by atomic mass is 35.5. The third kappa shape index (κ3) is 3.72. The summed E-state index contributed by atoms with van der Waals surface area (Å²) in [4.78, 5) is 0. The minimum atomic E-state index is -0.383. The van der Waals surface area contributed by atoms with Crippen molar-refractivity contribution < 1.29 is 4.39 Å². The highest BCUT2D eigenvalue weighted by Crippen LogP contribution is 2.28. The molecule has 0 aliphatic rings. The molecule has 2 rings (SSSR count).